The monoisotopic (exact) mass is 498 g/mol. The lowest BCUT2D eigenvalue weighted by Gasteiger charge is -2.29. The highest BCUT2D eigenvalue weighted by atomic mass is 32.2. The van der Waals surface area contributed by atoms with Gasteiger partial charge in [0.25, 0.3) is 5.91 Å². The molecule has 2 aliphatic heterocycles. The van der Waals surface area contributed by atoms with Crippen molar-refractivity contribution in [3.05, 3.63) is 54.1 Å². The first-order valence-corrected chi connectivity index (χ1v) is 13.3. The Kier molecular flexibility index (Phi) is 7.51. The van der Waals surface area contributed by atoms with Crippen LogP contribution in [0.5, 0.6) is 0 Å². The van der Waals surface area contributed by atoms with E-state index in [-0.39, 0.29) is 17.3 Å². The summed E-state index contributed by atoms with van der Waals surface area (Å²) in [6.45, 7) is 3.59. The molecule has 2 saturated heterocycles. The second kappa shape index (κ2) is 10.6. The average molecular weight is 499 g/mol. The summed E-state index contributed by atoms with van der Waals surface area (Å²) >= 11 is 0. The maximum atomic E-state index is 12.8. The minimum absolute atomic E-state index is 0.0747. The van der Waals surface area contributed by atoms with E-state index in [1.807, 2.05) is 0 Å². The number of carbonyl (C=O) groups excluding carboxylic acids is 3. The SMILES string of the molecule is CC1CCN(S(=O)(=O)c2ccc(NC(=O)CNC(=O)c3ccc(N4CCCC4=O)cc3)cc2)CC1. The minimum atomic E-state index is -3.55. The molecule has 0 saturated carbocycles. The highest BCUT2D eigenvalue weighted by Gasteiger charge is 2.28. The van der Waals surface area contributed by atoms with E-state index in [1.165, 1.54) is 28.6 Å². The van der Waals surface area contributed by atoms with Crippen LogP contribution in [0.15, 0.2) is 53.4 Å². The molecule has 0 aliphatic carbocycles. The van der Waals surface area contributed by atoms with Crippen molar-refractivity contribution in [3.63, 3.8) is 0 Å². The summed E-state index contributed by atoms with van der Waals surface area (Å²) in [5.41, 5.74) is 1.58. The van der Waals surface area contributed by atoms with Gasteiger partial charge in [-0.05, 0) is 73.7 Å². The van der Waals surface area contributed by atoms with E-state index in [4.69, 9.17) is 0 Å². The zero-order valence-electron chi connectivity index (χ0n) is 19.7. The molecule has 0 atom stereocenters. The predicted molar refractivity (Wildman–Crippen MR) is 133 cm³/mol. The number of nitrogens with one attached hydrogen (secondary N) is 2. The van der Waals surface area contributed by atoms with Crippen molar-refractivity contribution in [3.8, 4) is 0 Å². The molecule has 186 valence electrons. The van der Waals surface area contributed by atoms with Gasteiger partial charge in [-0.3, -0.25) is 14.4 Å². The molecule has 4 rings (SSSR count). The average Bonchev–Trinajstić information content (AvgIpc) is 3.29. The number of carbonyl (C=O) groups is 3. The molecule has 0 aromatic heterocycles. The number of hydrogen-bond donors (Lipinski definition) is 2. The molecule has 2 aromatic rings. The van der Waals surface area contributed by atoms with Crippen molar-refractivity contribution in [1.82, 2.24) is 9.62 Å². The summed E-state index contributed by atoms with van der Waals surface area (Å²) in [6.07, 6.45) is 3.06. The molecule has 3 amide bonds. The van der Waals surface area contributed by atoms with Crippen LogP contribution >= 0.6 is 0 Å². The van der Waals surface area contributed by atoms with Gasteiger partial charge >= 0.3 is 0 Å². The summed E-state index contributed by atoms with van der Waals surface area (Å²) in [6, 6.07) is 12.7. The van der Waals surface area contributed by atoms with E-state index in [1.54, 1.807) is 29.2 Å². The summed E-state index contributed by atoms with van der Waals surface area (Å²) in [5, 5.41) is 5.22. The molecule has 35 heavy (non-hydrogen) atoms. The molecule has 10 heteroatoms. The third-order valence-corrected chi connectivity index (χ3v) is 8.36. The molecular formula is C25H30N4O5S. The summed E-state index contributed by atoms with van der Waals surface area (Å²) in [5.74, 6) is -0.236. The molecule has 2 aromatic carbocycles. The number of sulfonamides is 1. The molecular weight excluding hydrogens is 468 g/mol. The van der Waals surface area contributed by atoms with Gasteiger partial charge in [-0.1, -0.05) is 6.92 Å². The third-order valence-electron chi connectivity index (χ3n) is 6.44. The Bertz CT molecular complexity index is 1190. The number of amides is 3. The van der Waals surface area contributed by atoms with E-state index in [2.05, 4.69) is 17.6 Å². The lowest BCUT2D eigenvalue weighted by molar-refractivity contribution is -0.117. The van der Waals surface area contributed by atoms with E-state index >= 15 is 0 Å². The Balaban J connectivity index is 1.27. The molecule has 9 nitrogen and oxygen atoms in total. The van der Waals surface area contributed by atoms with Gasteiger partial charge < -0.3 is 15.5 Å². The Morgan fingerprint density at radius 2 is 1.63 bits per heavy atom. The fraction of sp³-hybridized carbons (Fsp3) is 0.400. The fourth-order valence-corrected chi connectivity index (χ4v) is 5.74. The van der Waals surface area contributed by atoms with Gasteiger partial charge in [0.15, 0.2) is 0 Å². The highest BCUT2D eigenvalue weighted by molar-refractivity contribution is 7.89. The summed E-state index contributed by atoms with van der Waals surface area (Å²) < 4.78 is 27.2. The van der Waals surface area contributed by atoms with E-state index in [0.717, 1.165) is 24.9 Å². The first-order valence-electron chi connectivity index (χ1n) is 11.8. The van der Waals surface area contributed by atoms with E-state index < -0.39 is 21.8 Å². The first-order chi connectivity index (χ1) is 16.7. The quantitative estimate of drug-likeness (QED) is 0.609. The molecule has 0 unspecified atom stereocenters. The smallest absolute Gasteiger partial charge is 0.251 e. The molecule has 2 fully saturated rings. The van der Waals surface area contributed by atoms with Crippen LogP contribution in [-0.2, 0) is 19.6 Å². The van der Waals surface area contributed by atoms with Crippen molar-refractivity contribution < 1.29 is 22.8 Å². The Morgan fingerprint density at radius 3 is 2.23 bits per heavy atom. The fourth-order valence-electron chi connectivity index (χ4n) is 4.27. The minimum Gasteiger partial charge on any atom is -0.343 e. The van der Waals surface area contributed by atoms with E-state index in [0.29, 0.717) is 43.2 Å². The van der Waals surface area contributed by atoms with Crippen LogP contribution in [0.2, 0.25) is 0 Å². The van der Waals surface area contributed by atoms with Crippen LogP contribution in [0.4, 0.5) is 11.4 Å². The zero-order chi connectivity index (χ0) is 25.0. The van der Waals surface area contributed by atoms with Gasteiger partial charge in [-0.2, -0.15) is 4.31 Å². The van der Waals surface area contributed by atoms with Crippen LogP contribution in [0.25, 0.3) is 0 Å². The third kappa shape index (κ3) is 5.88. The maximum absolute atomic E-state index is 12.8. The number of anilines is 2. The highest BCUT2D eigenvalue weighted by Crippen LogP contribution is 2.24. The molecule has 0 radical (unpaired) electrons. The number of piperidine rings is 1. The van der Waals surface area contributed by atoms with Gasteiger partial charge in [0.2, 0.25) is 21.8 Å². The van der Waals surface area contributed by atoms with Crippen LogP contribution in [0.3, 0.4) is 0 Å². The largest absolute Gasteiger partial charge is 0.343 e. The van der Waals surface area contributed by atoms with Crippen molar-refractivity contribution in [2.75, 3.05) is 36.4 Å². The molecule has 0 spiro atoms. The number of hydrogen-bond acceptors (Lipinski definition) is 5. The molecule has 2 N–H and O–H groups in total. The second-order valence-corrected chi connectivity index (χ2v) is 11.0. The van der Waals surface area contributed by atoms with Crippen LogP contribution in [0.1, 0.15) is 43.0 Å². The van der Waals surface area contributed by atoms with Gasteiger partial charge in [0.1, 0.15) is 0 Å². The lowest BCUT2D eigenvalue weighted by Crippen LogP contribution is -2.37. The van der Waals surface area contributed by atoms with Crippen molar-refractivity contribution in [1.29, 1.82) is 0 Å². The van der Waals surface area contributed by atoms with E-state index in [9.17, 15) is 22.8 Å². The summed E-state index contributed by atoms with van der Waals surface area (Å²) in [4.78, 5) is 38.4. The second-order valence-electron chi connectivity index (χ2n) is 9.04. The van der Waals surface area contributed by atoms with Gasteiger partial charge in [-0.15, -0.1) is 0 Å². The lowest BCUT2D eigenvalue weighted by atomic mass is 10.0. The zero-order valence-corrected chi connectivity index (χ0v) is 20.5. The number of benzene rings is 2. The van der Waals surface area contributed by atoms with Crippen LogP contribution in [-0.4, -0.2) is 56.6 Å². The normalized spacial score (nSPS) is 17.4. The van der Waals surface area contributed by atoms with Crippen molar-refractivity contribution in [2.24, 2.45) is 5.92 Å². The number of nitrogens with zero attached hydrogens (tertiary/aromatic N) is 2. The Hall–Kier alpha value is -3.24. The van der Waals surface area contributed by atoms with Crippen LogP contribution < -0.4 is 15.5 Å². The summed E-state index contributed by atoms with van der Waals surface area (Å²) in [7, 11) is -3.55. The standard InChI is InChI=1S/C25H30N4O5S/c1-18-12-15-28(16-13-18)35(33,34)22-10-6-20(7-11-22)27-23(30)17-26-25(32)19-4-8-21(9-5-19)29-14-2-3-24(29)31/h4-11,18H,2-3,12-17H2,1H3,(H,26,32)(H,27,30). The first kappa shape index (κ1) is 24.9. The maximum Gasteiger partial charge on any atom is 0.251 e. The molecule has 2 heterocycles. The van der Waals surface area contributed by atoms with Gasteiger partial charge in [0.05, 0.1) is 11.4 Å². The van der Waals surface area contributed by atoms with Gasteiger partial charge in [-0.25, -0.2) is 8.42 Å². The molecule has 2 aliphatic rings. The topological polar surface area (TPSA) is 116 Å². The Labute approximate surface area is 205 Å². The van der Waals surface area contributed by atoms with Crippen molar-refractivity contribution >= 4 is 39.1 Å². The number of rotatable bonds is 7. The predicted octanol–water partition coefficient (Wildman–Crippen LogP) is 2.60. The van der Waals surface area contributed by atoms with Crippen molar-refractivity contribution in [2.45, 2.75) is 37.5 Å². The molecule has 0 bridgehead atoms. The van der Waals surface area contributed by atoms with Gasteiger partial charge in [0, 0.05) is 43.0 Å². The Morgan fingerprint density at radius 1 is 0.971 bits per heavy atom. The van der Waals surface area contributed by atoms with Crippen LogP contribution in [0, 0.1) is 5.92 Å².